The van der Waals surface area contributed by atoms with Gasteiger partial charge in [-0.1, -0.05) is 6.07 Å². The zero-order chi connectivity index (χ0) is 20.8. The maximum absolute atomic E-state index is 13.2. The second-order valence-corrected chi connectivity index (χ2v) is 6.71. The molecule has 0 spiro atoms. The lowest BCUT2D eigenvalue weighted by Gasteiger charge is -2.05. The average Bonchev–Trinajstić information content (AvgIpc) is 3.00. The molecule has 6 nitrogen and oxygen atoms in total. The van der Waals surface area contributed by atoms with Crippen LogP contribution >= 0.6 is 12.2 Å². The van der Waals surface area contributed by atoms with Crippen molar-refractivity contribution in [2.75, 3.05) is 20.3 Å². The van der Waals surface area contributed by atoms with Crippen LogP contribution in [-0.2, 0) is 4.74 Å². The summed E-state index contributed by atoms with van der Waals surface area (Å²) in [5.74, 6) is -0.569. The lowest BCUT2D eigenvalue weighted by molar-refractivity contribution is 0.103. The first-order chi connectivity index (χ1) is 14.0. The van der Waals surface area contributed by atoms with Crippen LogP contribution < -0.4 is 10.7 Å². The number of ketones is 1. The number of methoxy groups -OCH3 is 1. The van der Waals surface area contributed by atoms with Crippen LogP contribution in [0.4, 0.5) is 4.39 Å². The van der Waals surface area contributed by atoms with Gasteiger partial charge < -0.3 is 14.5 Å². The highest BCUT2D eigenvalue weighted by Gasteiger charge is 2.20. The lowest BCUT2D eigenvalue weighted by atomic mass is 10.0. The molecule has 29 heavy (non-hydrogen) atoms. The summed E-state index contributed by atoms with van der Waals surface area (Å²) in [5, 5.41) is 7.53. The molecule has 0 aliphatic heterocycles. The topological polar surface area (TPSA) is 67.1 Å². The van der Waals surface area contributed by atoms with E-state index in [-0.39, 0.29) is 11.6 Å². The molecular weight excluding hydrogens is 391 g/mol. The third kappa shape index (κ3) is 4.67. The number of hydrazone groups is 1. The van der Waals surface area contributed by atoms with E-state index >= 15 is 0 Å². The summed E-state index contributed by atoms with van der Waals surface area (Å²) in [6, 6.07) is 11.2. The fourth-order valence-corrected chi connectivity index (χ4v) is 3.15. The van der Waals surface area contributed by atoms with Crippen LogP contribution in [0, 0.1) is 12.7 Å². The van der Waals surface area contributed by atoms with Gasteiger partial charge in [-0.15, -0.1) is 0 Å². The largest absolute Gasteiger partial charge is 0.383 e. The zero-order valence-electron chi connectivity index (χ0n) is 16.1. The number of aromatic nitrogens is 1. The monoisotopic (exact) mass is 412 g/mol. The Balaban J connectivity index is 1.90. The minimum Gasteiger partial charge on any atom is -0.383 e. The molecule has 0 atom stereocenters. The minimum absolute atomic E-state index is 0.187. The number of pyridine rings is 1. The Morgan fingerprint density at radius 1 is 1.28 bits per heavy atom. The smallest absolute Gasteiger partial charge is 0.210 e. The predicted molar refractivity (Wildman–Crippen MR) is 115 cm³/mol. The molecule has 0 unspecified atom stereocenters. The van der Waals surface area contributed by atoms with Gasteiger partial charge in [0.2, 0.25) is 5.78 Å². The summed E-state index contributed by atoms with van der Waals surface area (Å²) in [6.45, 7) is 2.96. The lowest BCUT2D eigenvalue weighted by Crippen LogP contribution is -2.34. The number of benzene rings is 1. The number of ether oxygens (including phenoxy) is 1. The Morgan fingerprint density at radius 3 is 2.76 bits per heavy atom. The van der Waals surface area contributed by atoms with E-state index in [1.54, 1.807) is 13.3 Å². The highest BCUT2D eigenvalue weighted by molar-refractivity contribution is 7.80. The highest BCUT2D eigenvalue weighted by Crippen LogP contribution is 2.24. The van der Waals surface area contributed by atoms with Gasteiger partial charge in [-0.05, 0) is 61.1 Å². The normalized spacial score (nSPS) is 11.1. The predicted octanol–water partition coefficient (Wildman–Crippen LogP) is 3.06. The molecule has 8 heteroatoms. The molecule has 0 bridgehead atoms. The molecule has 0 fully saturated rings. The second kappa shape index (κ2) is 9.40. The first kappa shape index (κ1) is 20.6. The molecule has 0 aliphatic carbocycles. The molecule has 2 heterocycles. The summed E-state index contributed by atoms with van der Waals surface area (Å²) in [5.41, 5.74) is 6.08. The summed E-state index contributed by atoms with van der Waals surface area (Å²) in [4.78, 5) is 13.1. The molecule has 0 amide bonds. The Labute approximate surface area is 173 Å². The Hall–Kier alpha value is -3.10. The van der Waals surface area contributed by atoms with Crippen LogP contribution in [0.15, 0.2) is 53.8 Å². The Bertz CT molecular complexity index is 1060. The summed E-state index contributed by atoms with van der Waals surface area (Å²) in [7, 11) is 1.61. The van der Waals surface area contributed by atoms with E-state index in [1.165, 1.54) is 24.3 Å². The average molecular weight is 412 g/mol. The quantitative estimate of drug-likeness (QED) is 0.205. The van der Waals surface area contributed by atoms with E-state index in [4.69, 9.17) is 17.0 Å². The summed E-state index contributed by atoms with van der Waals surface area (Å²) < 4.78 is 20.0. The molecule has 3 rings (SSSR count). The summed E-state index contributed by atoms with van der Waals surface area (Å²) >= 11 is 5.15. The fourth-order valence-electron chi connectivity index (χ4n) is 3.00. The molecule has 2 aromatic heterocycles. The SMILES string of the molecule is COCCNC(=S)N/N=C\c1c(C)c(C(=O)c2ccc(F)cc2)n2ccccc12. The van der Waals surface area contributed by atoms with E-state index in [1.807, 2.05) is 35.7 Å². The van der Waals surface area contributed by atoms with Crippen LogP contribution in [0.5, 0.6) is 0 Å². The van der Waals surface area contributed by atoms with Gasteiger partial charge in [0.1, 0.15) is 5.82 Å². The molecule has 0 aliphatic rings. The molecule has 1 aromatic carbocycles. The van der Waals surface area contributed by atoms with Crippen LogP contribution in [0.25, 0.3) is 5.52 Å². The second-order valence-electron chi connectivity index (χ2n) is 6.30. The van der Waals surface area contributed by atoms with Crippen molar-refractivity contribution < 1.29 is 13.9 Å². The maximum atomic E-state index is 13.2. The molecule has 3 aromatic rings. The van der Waals surface area contributed by atoms with Gasteiger partial charge in [0.05, 0.1) is 24.0 Å². The molecule has 0 saturated carbocycles. The van der Waals surface area contributed by atoms with Gasteiger partial charge in [-0.25, -0.2) is 4.39 Å². The van der Waals surface area contributed by atoms with Crippen molar-refractivity contribution in [3.05, 3.63) is 76.9 Å². The van der Waals surface area contributed by atoms with Crippen molar-refractivity contribution in [3.8, 4) is 0 Å². The number of rotatable bonds is 7. The number of thiocarbonyl (C=S) groups is 1. The number of hydrogen-bond acceptors (Lipinski definition) is 4. The third-order valence-electron chi connectivity index (χ3n) is 4.41. The van der Waals surface area contributed by atoms with Gasteiger partial charge in [-0.2, -0.15) is 5.10 Å². The number of halogens is 1. The van der Waals surface area contributed by atoms with Crippen LogP contribution in [0.1, 0.15) is 27.2 Å². The van der Waals surface area contributed by atoms with E-state index in [0.717, 1.165) is 16.6 Å². The van der Waals surface area contributed by atoms with Gasteiger partial charge in [0.25, 0.3) is 0 Å². The van der Waals surface area contributed by atoms with E-state index in [9.17, 15) is 9.18 Å². The molecule has 2 N–H and O–H groups in total. The molecule has 150 valence electrons. The number of nitrogens with one attached hydrogen (secondary N) is 2. The van der Waals surface area contributed by atoms with Crippen molar-refractivity contribution >= 4 is 34.8 Å². The van der Waals surface area contributed by atoms with Crippen LogP contribution in [0.2, 0.25) is 0 Å². The van der Waals surface area contributed by atoms with Gasteiger partial charge in [0, 0.05) is 31.0 Å². The number of hydrogen-bond donors (Lipinski definition) is 2. The Morgan fingerprint density at radius 2 is 2.03 bits per heavy atom. The first-order valence-electron chi connectivity index (χ1n) is 8.98. The number of nitrogens with zero attached hydrogens (tertiary/aromatic N) is 2. The molecular formula is C21H21FN4O2S. The maximum Gasteiger partial charge on any atom is 0.210 e. The third-order valence-corrected chi connectivity index (χ3v) is 4.64. The van der Waals surface area contributed by atoms with E-state index < -0.39 is 0 Å². The van der Waals surface area contributed by atoms with Crippen molar-refractivity contribution in [1.82, 2.24) is 15.1 Å². The summed E-state index contributed by atoms with van der Waals surface area (Å²) in [6.07, 6.45) is 3.46. The minimum atomic E-state index is -0.382. The van der Waals surface area contributed by atoms with Gasteiger partial charge in [-0.3, -0.25) is 10.2 Å². The zero-order valence-corrected chi connectivity index (χ0v) is 16.9. The van der Waals surface area contributed by atoms with Crippen molar-refractivity contribution in [3.63, 3.8) is 0 Å². The van der Waals surface area contributed by atoms with Crippen molar-refractivity contribution in [2.45, 2.75) is 6.92 Å². The van der Waals surface area contributed by atoms with Crippen molar-refractivity contribution in [2.24, 2.45) is 5.10 Å². The van der Waals surface area contributed by atoms with Gasteiger partial charge >= 0.3 is 0 Å². The first-order valence-corrected chi connectivity index (χ1v) is 9.39. The highest BCUT2D eigenvalue weighted by atomic mass is 32.1. The molecule has 0 radical (unpaired) electrons. The molecule has 0 saturated heterocycles. The van der Waals surface area contributed by atoms with Crippen LogP contribution in [0.3, 0.4) is 0 Å². The van der Waals surface area contributed by atoms with E-state index in [0.29, 0.717) is 29.5 Å². The number of carbonyl (C=O) groups is 1. The Kier molecular flexibility index (Phi) is 6.69. The standard InChI is InChI=1S/C21H21FN4O2S/c1-14-17(13-24-25-21(29)23-10-12-28-2)18-5-3-4-11-26(18)19(14)20(27)15-6-8-16(22)9-7-15/h3-9,11,13H,10,12H2,1-2H3,(H2,23,25,29)/b24-13-. The fraction of sp³-hybridized carbons (Fsp3) is 0.190. The van der Waals surface area contributed by atoms with Crippen molar-refractivity contribution in [1.29, 1.82) is 0 Å². The van der Waals surface area contributed by atoms with E-state index in [2.05, 4.69) is 15.8 Å². The van der Waals surface area contributed by atoms with Crippen LogP contribution in [-0.4, -0.2) is 41.8 Å². The number of carbonyl (C=O) groups excluding carboxylic acids is 1. The van der Waals surface area contributed by atoms with Gasteiger partial charge in [0.15, 0.2) is 5.11 Å². The number of fused-ring (bicyclic) bond motifs is 1.